The molecule has 0 radical (unpaired) electrons. The molecule has 1 aromatic rings. The third kappa shape index (κ3) is 5.03. The Morgan fingerprint density at radius 1 is 1.32 bits per heavy atom. The molecule has 1 amide bonds. The lowest BCUT2D eigenvalue weighted by Crippen LogP contribution is -2.49. The van der Waals surface area contributed by atoms with Crippen LogP contribution in [0.2, 0.25) is 0 Å². The smallest absolute Gasteiger partial charge is 0.249 e. The number of aromatic nitrogens is 2. The van der Waals surface area contributed by atoms with Gasteiger partial charge in [-0.25, -0.2) is 9.97 Å². The molecule has 3 N–H and O–H groups in total. The Morgan fingerprint density at radius 2 is 1.91 bits per heavy atom. The number of hydrogen-bond donors (Lipinski definition) is 2. The molecule has 0 aliphatic heterocycles. The van der Waals surface area contributed by atoms with E-state index in [0.717, 1.165) is 6.42 Å². The summed E-state index contributed by atoms with van der Waals surface area (Å²) in [5.41, 5.74) is 5.32. The zero-order chi connectivity index (χ0) is 16.8. The summed E-state index contributed by atoms with van der Waals surface area (Å²) in [7, 11) is 0. The Morgan fingerprint density at radius 3 is 2.41 bits per heavy atom. The first kappa shape index (κ1) is 18.5. The van der Waals surface area contributed by atoms with Crippen molar-refractivity contribution >= 4 is 5.91 Å². The molecule has 0 saturated carbocycles. The molecular weight excluding hydrogens is 280 g/mol. The largest absolute Gasteiger partial charge is 0.350 e. The van der Waals surface area contributed by atoms with Gasteiger partial charge in [-0.2, -0.15) is 0 Å². The minimum atomic E-state index is -0.671. The minimum Gasteiger partial charge on any atom is -0.350 e. The molecule has 3 atom stereocenters. The average Bonchev–Trinajstić information content (AvgIpc) is 2.51. The van der Waals surface area contributed by atoms with Crippen LogP contribution < -0.4 is 11.1 Å². The van der Waals surface area contributed by atoms with Crippen molar-refractivity contribution in [2.45, 2.75) is 65.3 Å². The van der Waals surface area contributed by atoms with Gasteiger partial charge < -0.3 is 15.8 Å². The van der Waals surface area contributed by atoms with Crippen molar-refractivity contribution in [3.63, 3.8) is 0 Å². The standard InChI is InChI=1S/C16H28N4O2/c1-6-11(3)13(17)22-12(7-2)14(21)20-16(4,5)15-18-9-8-10-19-15/h8-13H,6-7,17H2,1-5H3,(H,20,21). The summed E-state index contributed by atoms with van der Waals surface area (Å²) in [5, 5.41) is 2.94. The molecule has 0 spiro atoms. The number of rotatable bonds is 8. The molecular formula is C16H28N4O2. The third-order valence-corrected chi connectivity index (χ3v) is 3.75. The highest BCUT2D eigenvalue weighted by Crippen LogP contribution is 2.17. The van der Waals surface area contributed by atoms with Gasteiger partial charge in [0, 0.05) is 12.4 Å². The molecule has 3 unspecified atom stereocenters. The van der Waals surface area contributed by atoms with Gasteiger partial charge >= 0.3 is 0 Å². The molecule has 6 heteroatoms. The number of nitrogens with zero attached hydrogens (tertiary/aromatic N) is 2. The number of carbonyl (C=O) groups excluding carboxylic acids is 1. The van der Waals surface area contributed by atoms with Crippen LogP contribution in [0.4, 0.5) is 0 Å². The zero-order valence-corrected chi connectivity index (χ0v) is 14.2. The van der Waals surface area contributed by atoms with Gasteiger partial charge in [-0.3, -0.25) is 4.79 Å². The molecule has 22 heavy (non-hydrogen) atoms. The molecule has 6 nitrogen and oxygen atoms in total. The monoisotopic (exact) mass is 308 g/mol. The quantitative estimate of drug-likeness (QED) is 0.716. The van der Waals surface area contributed by atoms with Crippen LogP contribution in [0.1, 0.15) is 53.3 Å². The molecule has 124 valence electrons. The summed E-state index contributed by atoms with van der Waals surface area (Å²) in [5.74, 6) is 0.565. The second-order valence-corrected chi connectivity index (χ2v) is 6.07. The first-order chi connectivity index (χ1) is 10.3. The molecule has 0 aliphatic carbocycles. The SMILES string of the molecule is CCC(OC(N)C(C)CC)C(=O)NC(C)(C)c1ncccn1. The van der Waals surface area contributed by atoms with E-state index in [2.05, 4.69) is 15.3 Å². The molecule has 1 heterocycles. The predicted molar refractivity (Wildman–Crippen MR) is 85.8 cm³/mol. The number of nitrogens with two attached hydrogens (primary N) is 1. The van der Waals surface area contributed by atoms with E-state index in [9.17, 15) is 4.79 Å². The van der Waals surface area contributed by atoms with E-state index >= 15 is 0 Å². The fourth-order valence-corrected chi connectivity index (χ4v) is 1.97. The Labute approximate surface area is 132 Å². The first-order valence-corrected chi connectivity index (χ1v) is 7.82. The van der Waals surface area contributed by atoms with Gasteiger partial charge in [-0.05, 0) is 38.7 Å². The van der Waals surface area contributed by atoms with Crippen LogP contribution in [-0.2, 0) is 15.1 Å². The Hall–Kier alpha value is -1.53. The Bertz CT molecular complexity index is 464. The van der Waals surface area contributed by atoms with Crippen LogP contribution in [0.3, 0.4) is 0 Å². The van der Waals surface area contributed by atoms with Gasteiger partial charge in [-0.1, -0.05) is 20.8 Å². The van der Waals surface area contributed by atoms with Gasteiger partial charge in [0.1, 0.15) is 12.3 Å². The summed E-state index contributed by atoms with van der Waals surface area (Å²) in [6.45, 7) is 9.69. The van der Waals surface area contributed by atoms with Crippen molar-refractivity contribution < 1.29 is 9.53 Å². The van der Waals surface area contributed by atoms with Crippen molar-refractivity contribution in [3.8, 4) is 0 Å². The van der Waals surface area contributed by atoms with Gasteiger partial charge in [0.05, 0.1) is 5.54 Å². The van der Waals surface area contributed by atoms with Gasteiger partial charge in [0.15, 0.2) is 5.82 Å². The van der Waals surface area contributed by atoms with Gasteiger partial charge in [0.25, 0.3) is 0 Å². The summed E-state index contributed by atoms with van der Waals surface area (Å²) in [6, 6.07) is 1.74. The molecule has 0 aliphatic rings. The first-order valence-electron chi connectivity index (χ1n) is 7.82. The van der Waals surface area contributed by atoms with E-state index in [-0.39, 0.29) is 11.8 Å². The normalized spacial score (nSPS) is 15.9. The van der Waals surface area contributed by atoms with Gasteiger partial charge in [-0.15, -0.1) is 0 Å². The van der Waals surface area contributed by atoms with Crippen LogP contribution in [0.15, 0.2) is 18.5 Å². The number of carbonyl (C=O) groups is 1. The number of amides is 1. The van der Waals surface area contributed by atoms with Crippen LogP contribution in [0, 0.1) is 5.92 Å². The predicted octanol–water partition coefficient (Wildman–Crippen LogP) is 1.95. The maximum absolute atomic E-state index is 12.5. The van der Waals surface area contributed by atoms with E-state index in [0.29, 0.717) is 12.2 Å². The van der Waals surface area contributed by atoms with Crippen LogP contribution in [0.25, 0.3) is 0 Å². The van der Waals surface area contributed by atoms with Crippen molar-refractivity contribution in [3.05, 3.63) is 24.3 Å². The number of ether oxygens (including phenoxy) is 1. The molecule has 0 bridgehead atoms. The lowest BCUT2D eigenvalue weighted by molar-refractivity contribution is -0.141. The number of hydrogen-bond acceptors (Lipinski definition) is 5. The fraction of sp³-hybridized carbons (Fsp3) is 0.688. The number of nitrogens with one attached hydrogen (secondary N) is 1. The highest BCUT2D eigenvalue weighted by atomic mass is 16.5. The molecule has 1 aromatic heterocycles. The lowest BCUT2D eigenvalue weighted by Gasteiger charge is -2.29. The zero-order valence-electron chi connectivity index (χ0n) is 14.2. The minimum absolute atomic E-state index is 0.196. The van der Waals surface area contributed by atoms with E-state index in [1.54, 1.807) is 18.5 Å². The summed E-state index contributed by atoms with van der Waals surface area (Å²) in [6.07, 6.45) is 3.75. The summed E-state index contributed by atoms with van der Waals surface area (Å²) >= 11 is 0. The molecule has 0 fully saturated rings. The van der Waals surface area contributed by atoms with Gasteiger partial charge in [0.2, 0.25) is 5.91 Å². The van der Waals surface area contributed by atoms with Crippen molar-refractivity contribution in [1.82, 2.24) is 15.3 Å². The van der Waals surface area contributed by atoms with Crippen LogP contribution >= 0.6 is 0 Å². The summed E-state index contributed by atoms with van der Waals surface area (Å²) in [4.78, 5) is 20.9. The Balaban J connectivity index is 2.72. The fourth-order valence-electron chi connectivity index (χ4n) is 1.97. The molecule has 0 aromatic carbocycles. The van der Waals surface area contributed by atoms with E-state index in [1.807, 2.05) is 34.6 Å². The second kappa shape index (κ2) is 8.19. The van der Waals surface area contributed by atoms with E-state index < -0.39 is 17.9 Å². The topological polar surface area (TPSA) is 90.1 Å². The molecule has 1 rings (SSSR count). The lowest BCUT2D eigenvalue weighted by atomic mass is 10.0. The second-order valence-electron chi connectivity index (χ2n) is 6.07. The average molecular weight is 308 g/mol. The highest BCUT2D eigenvalue weighted by Gasteiger charge is 2.30. The molecule has 0 saturated heterocycles. The van der Waals surface area contributed by atoms with E-state index in [4.69, 9.17) is 10.5 Å². The van der Waals surface area contributed by atoms with E-state index in [1.165, 1.54) is 0 Å². The van der Waals surface area contributed by atoms with Crippen molar-refractivity contribution in [1.29, 1.82) is 0 Å². The summed E-state index contributed by atoms with van der Waals surface area (Å²) < 4.78 is 5.72. The van der Waals surface area contributed by atoms with Crippen molar-refractivity contribution in [2.75, 3.05) is 0 Å². The highest BCUT2D eigenvalue weighted by molar-refractivity contribution is 5.81. The van der Waals surface area contributed by atoms with Crippen LogP contribution in [0.5, 0.6) is 0 Å². The van der Waals surface area contributed by atoms with Crippen molar-refractivity contribution in [2.24, 2.45) is 11.7 Å². The third-order valence-electron chi connectivity index (χ3n) is 3.75. The maximum Gasteiger partial charge on any atom is 0.249 e. The maximum atomic E-state index is 12.5. The Kier molecular flexibility index (Phi) is 6.90. The van der Waals surface area contributed by atoms with Crippen LogP contribution in [-0.4, -0.2) is 28.2 Å².